The molecule has 3 rings (SSSR count). The lowest BCUT2D eigenvalue weighted by Gasteiger charge is -2.39. The van der Waals surface area contributed by atoms with Crippen LogP contribution in [0.3, 0.4) is 0 Å². The Hall–Kier alpha value is -1.24. The van der Waals surface area contributed by atoms with Crippen molar-refractivity contribution in [2.24, 2.45) is 16.8 Å². The van der Waals surface area contributed by atoms with Gasteiger partial charge in [-0.05, 0) is 18.8 Å². The molecule has 0 bridgehead atoms. The maximum atomic E-state index is 12.9. The van der Waals surface area contributed by atoms with Crippen LogP contribution >= 0.6 is 11.8 Å². The molecule has 6 nitrogen and oxygen atoms in total. The quantitative estimate of drug-likeness (QED) is 0.823. The highest BCUT2D eigenvalue weighted by molar-refractivity contribution is 8.14. The molecule has 3 atom stereocenters. The van der Waals surface area contributed by atoms with E-state index >= 15 is 0 Å². The van der Waals surface area contributed by atoms with Gasteiger partial charge in [0, 0.05) is 49.8 Å². The van der Waals surface area contributed by atoms with Gasteiger partial charge in [0.25, 0.3) is 0 Å². The Labute approximate surface area is 154 Å². The molecule has 25 heavy (non-hydrogen) atoms. The molecule has 3 aliphatic rings. The Morgan fingerprint density at radius 2 is 2.04 bits per heavy atom. The molecule has 2 fully saturated rings. The van der Waals surface area contributed by atoms with Crippen LogP contribution in [0.1, 0.15) is 40.0 Å². The molecule has 3 aliphatic heterocycles. The summed E-state index contributed by atoms with van der Waals surface area (Å²) in [6.45, 7) is 10.6. The first-order chi connectivity index (χ1) is 11.9. The third-order valence-corrected chi connectivity index (χ3v) is 6.27. The Morgan fingerprint density at radius 3 is 2.64 bits per heavy atom. The van der Waals surface area contributed by atoms with Crippen LogP contribution < -0.4 is 5.32 Å². The zero-order chi connectivity index (χ0) is 18.0. The van der Waals surface area contributed by atoms with Crippen molar-refractivity contribution < 1.29 is 9.59 Å². The average Bonchev–Trinajstić information content (AvgIpc) is 2.99. The fraction of sp³-hybridized carbons (Fsp3) is 0.833. The number of hydrogen-bond acceptors (Lipinski definition) is 5. The molecule has 0 unspecified atom stereocenters. The van der Waals surface area contributed by atoms with Crippen LogP contribution in [0, 0.1) is 11.8 Å². The number of carbonyl (C=O) groups excluding carboxylic acids is 2. The lowest BCUT2D eigenvalue weighted by atomic mass is 9.87. The molecule has 0 aromatic carbocycles. The first-order valence-electron chi connectivity index (χ1n) is 9.46. The van der Waals surface area contributed by atoms with Crippen LogP contribution in [0.5, 0.6) is 0 Å². The standard InChI is InChI=1S/C18H30N4O2S/c1-12(2)8-15-9-14(10-16(23)20-15)17(24)21-4-6-22(7-5-21)18-19-11-13(3)25-18/h12-15H,4-11H2,1-3H3,(H,20,23)/t13-,14-,15-/m1/s1. The number of carbonyl (C=O) groups is 2. The second-order valence-corrected chi connectivity index (χ2v) is 9.30. The summed E-state index contributed by atoms with van der Waals surface area (Å²) in [5.74, 6) is 0.564. The SMILES string of the molecule is CC(C)C[C@@H]1C[C@@H](C(=O)N2CCN(C3=NC[C@@H](C)S3)CC2)CC(=O)N1. The largest absolute Gasteiger partial charge is 0.353 e. The molecule has 2 saturated heterocycles. The van der Waals surface area contributed by atoms with Gasteiger partial charge >= 0.3 is 0 Å². The zero-order valence-corrected chi connectivity index (χ0v) is 16.3. The number of amides is 2. The second-order valence-electron chi connectivity index (χ2n) is 7.89. The minimum Gasteiger partial charge on any atom is -0.353 e. The van der Waals surface area contributed by atoms with Crippen molar-refractivity contribution in [3.63, 3.8) is 0 Å². The van der Waals surface area contributed by atoms with E-state index in [0.29, 0.717) is 17.6 Å². The van der Waals surface area contributed by atoms with Gasteiger partial charge in [-0.2, -0.15) is 0 Å². The number of hydrogen-bond donors (Lipinski definition) is 1. The monoisotopic (exact) mass is 366 g/mol. The molecule has 3 heterocycles. The molecule has 2 amide bonds. The van der Waals surface area contributed by atoms with Gasteiger partial charge in [0.15, 0.2) is 5.17 Å². The van der Waals surface area contributed by atoms with E-state index in [1.54, 1.807) is 0 Å². The Bertz CT molecular complexity index is 543. The van der Waals surface area contributed by atoms with E-state index in [1.807, 2.05) is 16.7 Å². The molecular formula is C18H30N4O2S. The van der Waals surface area contributed by atoms with E-state index in [4.69, 9.17) is 0 Å². The molecule has 0 radical (unpaired) electrons. The minimum atomic E-state index is -0.151. The molecule has 1 N–H and O–H groups in total. The summed E-state index contributed by atoms with van der Waals surface area (Å²) in [6, 6.07) is 0.141. The summed E-state index contributed by atoms with van der Waals surface area (Å²) in [6.07, 6.45) is 2.06. The molecule has 0 aromatic rings. The maximum Gasteiger partial charge on any atom is 0.226 e. The van der Waals surface area contributed by atoms with Gasteiger partial charge in [0.05, 0.1) is 6.54 Å². The molecule has 0 spiro atoms. The first-order valence-corrected chi connectivity index (χ1v) is 10.3. The molecule has 0 aliphatic carbocycles. The van der Waals surface area contributed by atoms with Gasteiger partial charge in [0.2, 0.25) is 11.8 Å². The van der Waals surface area contributed by atoms with Crippen LogP contribution in [0.2, 0.25) is 0 Å². The summed E-state index contributed by atoms with van der Waals surface area (Å²) in [5.41, 5.74) is 0. The fourth-order valence-electron chi connectivity index (χ4n) is 3.92. The Balaban J connectivity index is 1.52. The van der Waals surface area contributed by atoms with Gasteiger partial charge in [-0.1, -0.05) is 32.5 Å². The number of piperazine rings is 1. The van der Waals surface area contributed by atoms with Crippen LogP contribution in [0.15, 0.2) is 4.99 Å². The normalized spacial score (nSPS) is 30.5. The third kappa shape index (κ3) is 4.68. The van der Waals surface area contributed by atoms with E-state index in [2.05, 4.69) is 36.0 Å². The van der Waals surface area contributed by atoms with Crippen molar-refractivity contribution in [3.8, 4) is 0 Å². The summed E-state index contributed by atoms with van der Waals surface area (Å²) >= 11 is 1.84. The highest BCUT2D eigenvalue weighted by atomic mass is 32.2. The van der Waals surface area contributed by atoms with Gasteiger partial charge in [-0.25, -0.2) is 0 Å². The van der Waals surface area contributed by atoms with Crippen molar-refractivity contribution in [2.45, 2.75) is 51.3 Å². The maximum absolute atomic E-state index is 12.9. The highest BCUT2D eigenvalue weighted by Crippen LogP contribution is 2.26. The topological polar surface area (TPSA) is 65.0 Å². The van der Waals surface area contributed by atoms with Gasteiger partial charge < -0.3 is 15.1 Å². The van der Waals surface area contributed by atoms with Crippen molar-refractivity contribution in [1.29, 1.82) is 0 Å². The van der Waals surface area contributed by atoms with E-state index in [9.17, 15) is 9.59 Å². The summed E-state index contributed by atoms with van der Waals surface area (Å²) in [4.78, 5) is 33.8. The average molecular weight is 367 g/mol. The first kappa shape index (κ1) is 18.5. The number of piperidine rings is 1. The van der Waals surface area contributed by atoms with Crippen LogP contribution in [0.4, 0.5) is 0 Å². The summed E-state index contributed by atoms with van der Waals surface area (Å²) in [7, 11) is 0. The van der Waals surface area contributed by atoms with Crippen molar-refractivity contribution in [3.05, 3.63) is 0 Å². The lowest BCUT2D eigenvalue weighted by molar-refractivity contribution is -0.142. The predicted octanol–water partition coefficient (Wildman–Crippen LogP) is 1.56. The number of amidine groups is 1. The van der Waals surface area contributed by atoms with Crippen molar-refractivity contribution >= 4 is 28.7 Å². The predicted molar refractivity (Wildman–Crippen MR) is 102 cm³/mol. The fourth-order valence-corrected chi connectivity index (χ4v) is 4.91. The number of nitrogens with one attached hydrogen (secondary N) is 1. The van der Waals surface area contributed by atoms with Gasteiger partial charge in [-0.3, -0.25) is 14.6 Å². The molecule has 7 heteroatoms. The van der Waals surface area contributed by atoms with Gasteiger partial charge in [-0.15, -0.1) is 0 Å². The van der Waals surface area contributed by atoms with Crippen LogP contribution in [-0.2, 0) is 9.59 Å². The number of thioether (sulfide) groups is 1. The molecule has 0 aromatic heterocycles. The smallest absolute Gasteiger partial charge is 0.226 e. The lowest BCUT2D eigenvalue weighted by Crippen LogP contribution is -2.54. The Morgan fingerprint density at radius 1 is 1.32 bits per heavy atom. The summed E-state index contributed by atoms with van der Waals surface area (Å²) < 4.78 is 0. The second kappa shape index (κ2) is 7.98. The number of rotatable bonds is 3. The van der Waals surface area contributed by atoms with Crippen LogP contribution in [0.25, 0.3) is 0 Å². The molecule has 140 valence electrons. The van der Waals surface area contributed by atoms with Crippen molar-refractivity contribution in [2.75, 3.05) is 32.7 Å². The molecular weight excluding hydrogens is 336 g/mol. The van der Waals surface area contributed by atoms with E-state index < -0.39 is 0 Å². The highest BCUT2D eigenvalue weighted by Gasteiger charge is 2.35. The minimum absolute atomic E-state index is 0.0274. The van der Waals surface area contributed by atoms with Gasteiger partial charge in [0.1, 0.15) is 0 Å². The summed E-state index contributed by atoms with van der Waals surface area (Å²) in [5, 5.41) is 4.74. The third-order valence-electron chi connectivity index (χ3n) is 5.12. The zero-order valence-electron chi connectivity index (χ0n) is 15.5. The number of nitrogens with zero attached hydrogens (tertiary/aromatic N) is 3. The number of aliphatic imine (C=N–C) groups is 1. The van der Waals surface area contributed by atoms with Crippen molar-refractivity contribution in [1.82, 2.24) is 15.1 Å². The van der Waals surface area contributed by atoms with E-state index in [0.717, 1.165) is 50.7 Å². The van der Waals surface area contributed by atoms with Crippen LogP contribution in [-0.4, -0.2) is 70.8 Å². The Kier molecular flexibility index (Phi) is 5.92. The van der Waals surface area contributed by atoms with E-state index in [-0.39, 0.29) is 23.8 Å². The molecule has 0 saturated carbocycles. The van der Waals surface area contributed by atoms with E-state index in [1.165, 1.54) is 0 Å².